The summed E-state index contributed by atoms with van der Waals surface area (Å²) in [6, 6.07) is 13.9. The van der Waals surface area contributed by atoms with Crippen LogP contribution in [-0.4, -0.2) is 38.1 Å². The fourth-order valence-electron chi connectivity index (χ4n) is 3.03. The molecule has 2 aromatic carbocycles. The highest BCUT2D eigenvalue weighted by molar-refractivity contribution is 9.10. The first-order valence-corrected chi connectivity index (χ1v) is 10.1. The number of rotatable bonds is 6. The maximum absolute atomic E-state index is 12.2. The van der Waals surface area contributed by atoms with Crippen molar-refractivity contribution in [2.24, 2.45) is 4.99 Å². The SMILES string of the molecule is CN=C(NCCC(=O)Nc1cc(Br)ccc1C)NCC1Cc2ccccc2O1. The molecule has 1 heterocycles. The van der Waals surface area contributed by atoms with Crippen molar-refractivity contribution < 1.29 is 9.53 Å². The summed E-state index contributed by atoms with van der Waals surface area (Å²) in [6.07, 6.45) is 1.31. The van der Waals surface area contributed by atoms with E-state index in [0.29, 0.717) is 25.5 Å². The molecule has 0 aromatic heterocycles. The summed E-state index contributed by atoms with van der Waals surface area (Å²) in [6.45, 7) is 3.11. The maximum atomic E-state index is 12.2. The zero-order chi connectivity index (χ0) is 19.9. The number of amides is 1. The summed E-state index contributed by atoms with van der Waals surface area (Å²) in [7, 11) is 1.71. The number of anilines is 1. The Kier molecular flexibility index (Phi) is 6.92. The quantitative estimate of drug-likeness (QED) is 0.472. The summed E-state index contributed by atoms with van der Waals surface area (Å²) in [4.78, 5) is 16.4. The Bertz CT molecular complexity index is 844. The standard InChI is InChI=1S/C21H25BrN4O2/c1-14-7-8-16(22)12-18(14)26-20(27)9-10-24-21(23-2)25-13-17-11-15-5-3-4-6-19(15)28-17/h3-8,12,17H,9-11,13H2,1-2H3,(H,26,27)(H2,23,24,25). The van der Waals surface area contributed by atoms with E-state index in [1.54, 1.807) is 7.05 Å². The molecule has 0 saturated heterocycles. The Labute approximate surface area is 173 Å². The van der Waals surface area contributed by atoms with E-state index >= 15 is 0 Å². The molecular weight excluding hydrogens is 420 g/mol. The minimum atomic E-state index is -0.0428. The smallest absolute Gasteiger partial charge is 0.226 e. The summed E-state index contributed by atoms with van der Waals surface area (Å²) in [5.74, 6) is 1.57. The third-order valence-corrected chi connectivity index (χ3v) is 5.05. The Morgan fingerprint density at radius 3 is 2.86 bits per heavy atom. The third-order valence-electron chi connectivity index (χ3n) is 4.55. The first-order valence-electron chi connectivity index (χ1n) is 9.30. The molecule has 0 fully saturated rings. The predicted octanol–water partition coefficient (Wildman–Crippen LogP) is 3.25. The van der Waals surface area contributed by atoms with Crippen molar-refractivity contribution in [3.05, 3.63) is 58.1 Å². The number of aliphatic imine (C=N–C) groups is 1. The molecule has 0 radical (unpaired) electrons. The number of nitrogens with zero attached hydrogens (tertiary/aromatic N) is 1. The van der Waals surface area contributed by atoms with E-state index in [4.69, 9.17) is 4.74 Å². The fourth-order valence-corrected chi connectivity index (χ4v) is 3.40. The number of nitrogens with one attached hydrogen (secondary N) is 3. The molecule has 1 amide bonds. The van der Waals surface area contributed by atoms with E-state index in [9.17, 15) is 4.79 Å². The monoisotopic (exact) mass is 444 g/mol. The Hall–Kier alpha value is -2.54. The van der Waals surface area contributed by atoms with Crippen molar-refractivity contribution in [2.75, 3.05) is 25.5 Å². The van der Waals surface area contributed by atoms with E-state index in [0.717, 1.165) is 27.9 Å². The molecule has 0 bridgehead atoms. The number of aryl methyl sites for hydroxylation is 1. The first kappa shape index (κ1) is 20.2. The van der Waals surface area contributed by atoms with Crippen LogP contribution in [0.3, 0.4) is 0 Å². The third kappa shape index (κ3) is 5.48. The van der Waals surface area contributed by atoms with Crippen molar-refractivity contribution in [1.29, 1.82) is 0 Å². The van der Waals surface area contributed by atoms with Crippen LogP contribution in [0.5, 0.6) is 5.75 Å². The number of fused-ring (bicyclic) bond motifs is 1. The van der Waals surface area contributed by atoms with Gasteiger partial charge >= 0.3 is 0 Å². The zero-order valence-corrected chi connectivity index (χ0v) is 17.7. The van der Waals surface area contributed by atoms with Gasteiger partial charge in [-0.1, -0.05) is 40.2 Å². The van der Waals surface area contributed by atoms with Gasteiger partial charge in [-0.25, -0.2) is 0 Å². The number of guanidine groups is 1. The summed E-state index contributed by atoms with van der Waals surface area (Å²) in [5, 5.41) is 9.37. The highest BCUT2D eigenvalue weighted by Crippen LogP contribution is 2.27. The Morgan fingerprint density at radius 2 is 2.07 bits per heavy atom. The van der Waals surface area contributed by atoms with Gasteiger partial charge in [0.1, 0.15) is 11.9 Å². The average Bonchev–Trinajstić information content (AvgIpc) is 3.10. The lowest BCUT2D eigenvalue weighted by Crippen LogP contribution is -2.43. The van der Waals surface area contributed by atoms with Crippen LogP contribution >= 0.6 is 15.9 Å². The van der Waals surface area contributed by atoms with Gasteiger partial charge in [0.15, 0.2) is 5.96 Å². The van der Waals surface area contributed by atoms with Crippen LogP contribution in [0.15, 0.2) is 51.9 Å². The second-order valence-corrected chi connectivity index (χ2v) is 7.60. The number of halogens is 1. The van der Waals surface area contributed by atoms with Gasteiger partial charge in [-0.2, -0.15) is 0 Å². The number of hydrogen-bond donors (Lipinski definition) is 3. The minimum Gasteiger partial charge on any atom is -0.488 e. The van der Waals surface area contributed by atoms with Gasteiger partial charge < -0.3 is 20.7 Å². The van der Waals surface area contributed by atoms with E-state index in [-0.39, 0.29) is 12.0 Å². The average molecular weight is 445 g/mol. The molecule has 148 valence electrons. The highest BCUT2D eigenvalue weighted by atomic mass is 79.9. The predicted molar refractivity (Wildman–Crippen MR) is 116 cm³/mol. The normalized spacial score (nSPS) is 15.5. The number of ether oxygens (including phenoxy) is 1. The van der Waals surface area contributed by atoms with Gasteiger partial charge in [-0.3, -0.25) is 9.79 Å². The molecule has 1 aliphatic rings. The minimum absolute atomic E-state index is 0.0428. The lowest BCUT2D eigenvalue weighted by molar-refractivity contribution is -0.116. The number of para-hydroxylation sites is 1. The summed E-state index contributed by atoms with van der Waals surface area (Å²) < 4.78 is 6.86. The molecule has 0 aliphatic carbocycles. The molecule has 0 spiro atoms. The molecule has 1 atom stereocenters. The van der Waals surface area contributed by atoms with Gasteiger partial charge in [-0.05, 0) is 36.2 Å². The van der Waals surface area contributed by atoms with Gasteiger partial charge in [0, 0.05) is 36.6 Å². The van der Waals surface area contributed by atoms with Crippen LogP contribution in [0.4, 0.5) is 5.69 Å². The van der Waals surface area contributed by atoms with Crippen molar-refractivity contribution in [3.8, 4) is 5.75 Å². The van der Waals surface area contributed by atoms with Gasteiger partial charge in [0.05, 0.1) is 6.54 Å². The fraction of sp³-hybridized carbons (Fsp3) is 0.333. The van der Waals surface area contributed by atoms with Crippen LogP contribution in [-0.2, 0) is 11.2 Å². The highest BCUT2D eigenvalue weighted by Gasteiger charge is 2.22. The molecular formula is C21H25BrN4O2. The van der Waals surface area contributed by atoms with Gasteiger partial charge in [0.2, 0.25) is 5.91 Å². The molecule has 28 heavy (non-hydrogen) atoms. The lowest BCUT2D eigenvalue weighted by atomic mass is 10.1. The molecule has 3 N–H and O–H groups in total. The van der Waals surface area contributed by atoms with E-state index < -0.39 is 0 Å². The Balaban J connectivity index is 1.39. The van der Waals surface area contributed by atoms with E-state index in [1.165, 1.54) is 5.56 Å². The molecule has 6 nitrogen and oxygen atoms in total. The second-order valence-electron chi connectivity index (χ2n) is 6.69. The topological polar surface area (TPSA) is 74.8 Å². The van der Waals surface area contributed by atoms with Crippen molar-refractivity contribution in [1.82, 2.24) is 10.6 Å². The summed E-state index contributed by atoms with van der Waals surface area (Å²) in [5.41, 5.74) is 3.08. The molecule has 7 heteroatoms. The number of benzene rings is 2. The number of carbonyl (C=O) groups excluding carboxylic acids is 1. The molecule has 3 rings (SSSR count). The number of hydrogen-bond acceptors (Lipinski definition) is 3. The molecule has 2 aromatic rings. The lowest BCUT2D eigenvalue weighted by Gasteiger charge is -2.15. The Morgan fingerprint density at radius 1 is 1.25 bits per heavy atom. The largest absolute Gasteiger partial charge is 0.488 e. The van der Waals surface area contributed by atoms with Crippen molar-refractivity contribution in [3.63, 3.8) is 0 Å². The van der Waals surface area contributed by atoms with E-state index in [2.05, 4.69) is 42.9 Å². The molecule has 0 saturated carbocycles. The molecule has 1 aliphatic heterocycles. The van der Waals surface area contributed by atoms with Crippen LogP contribution in [0.1, 0.15) is 17.5 Å². The van der Waals surface area contributed by atoms with E-state index in [1.807, 2.05) is 43.3 Å². The number of carbonyl (C=O) groups is 1. The zero-order valence-electron chi connectivity index (χ0n) is 16.1. The van der Waals surface area contributed by atoms with Crippen LogP contribution in [0.2, 0.25) is 0 Å². The van der Waals surface area contributed by atoms with Crippen molar-refractivity contribution in [2.45, 2.75) is 25.9 Å². The van der Waals surface area contributed by atoms with Gasteiger partial charge in [0.25, 0.3) is 0 Å². The second kappa shape index (κ2) is 9.59. The van der Waals surface area contributed by atoms with Gasteiger partial charge in [-0.15, -0.1) is 0 Å². The maximum Gasteiger partial charge on any atom is 0.226 e. The van der Waals surface area contributed by atoms with Crippen LogP contribution in [0, 0.1) is 6.92 Å². The first-order chi connectivity index (χ1) is 13.5. The van der Waals surface area contributed by atoms with Crippen LogP contribution in [0.25, 0.3) is 0 Å². The van der Waals surface area contributed by atoms with Crippen molar-refractivity contribution >= 4 is 33.5 Å². The molecule has 1 unspecified atom stereocenters. The van der Waals surface area contributed by atoms with Crippen LogP contribution < -0.4 is 20.7 Å². The summed E-state index contributed by atoms with van der Waals surface area (Å²) >= 11 is 3.42.